The number of nitrogens with zero attached hydrogens (tertiary/aromatic N) is 2. The van der Waals surface area contributed by atoms with Crippen molar-refractivity contribution in [3.05, 3.63) is 18.2 Å². The number of fused-ring (bicyclic) bond motifs is 1. The molecule has 9 heteroatoms. The molecule has 1 unspecified atom stereocenters. The van der Waals surface area contributed by atoms with Crippen LogP contribution in [0.1, 0.15) is 26.2 Å². The molecule has 2 aliphatic rings. The van der Waals surface area contributed by atoms with Crippen molar-refractivity contribution in [2.24, 2.45) is 0 Å². The lowest BCUT2D eigenvalue weighted by Crippen LogP contribution is -2.48. The largest absolute Gasteiger partial charge is 0.486 e. The minimum atomic E-state index is -3.66. The second-order valence-electron chi connectivity index (χ2n) is 7.26. The van der Waals surface area contributed by atoms with Crippen molar-refractivity contribution in [3.8, 4) is 11.5 Å². The quantitative estimate of drug-likeness (QED) is 0.647. The molecule has 0 aromatic heterocycles. The van der Waals surface area contributed by atoms with Crippen molar-refractivity contribution in [3.63, 3.8) is 0 Å². The van der Waals surface area contributed by atoms with Gasteiger partial charge in [0.15, 0.2) is 11.5 Å². The van der Waals surface area contributed by atoms with Crippen LogP contribution in [0, 0.1) is 0 Å². The number of hydrogen-bond acceptors (Lipinski definition) is 6. The molecule has 1 N–H and O–H groups in total. The van der Waals surface area contributed by atoms with E-state index in [2.05, 4.69) is 10.2 Å². The maximum atomic E-state index is 12.6. The van der Waals surface area contributed by atoms with Crippen molar-refractivity contribution in [2.75, 3.05) is 50.0 Å². The first-order chi connectivity index (χ1) is 13.4. The van der Waals surface area contributed by atoms with Crippen LogP contribution in [0.5, 0.6) is 11.5 Å². The lowest BCUT2D eigenvalue weighted by molar-refractivity contribution is -0.121. The molecule has 8 nitrogen and oxygen atoms in total. The van der Waals surface area contributed by atoms with Gasteiger partial charge in [0.1, 0.15) is 19.3 Å². The molecular weight excluding hydrogens is 382 g/mol. The third-order valence-electron chi connectivity index (χ3n) is 5.02. The van der Waals surface area contributed by atoms with Gasteiger partial charge in [0.05, 0.1) is 11.9 Å². The van der Waals surface area contributed by atoms with E-state index in [1.54, 1.807) is 25.1 Å². The summed E-state index contributed by atoms with van der Waals surface area (Å²) in [5.74, 6) is 0.736. The molecule has 1 saturated heterocycles. The molecule has 0 saturated carbocycles. The fourth-order valence-corrected chi connectivity index (χ4v) is 4.81. The predicted molar refractivity (Wildman–Crippen MR) is 108 cm³/mol. The Morgan fingerprint density at radius 1 is 1.21 bits per heavy atom. The molecule has 1 aromatic carbocycles. The zero-order valence-electron chi connectivity index (χ0n) is 16.5. The molecule has 2 aliphatic heterocycles. The lowest BCUT2D eigenvalue weighted by atomic mass is 10.2. The summed E-state index contributed by atoms with van der Waals surface area (Å²) in [4.78, 5) is 15.0. The Balaban J connectivity index is 1.64. The van der Waals surface area contributed by atoms with Crippen LogP contribution in [0.25, 0.3) is 0 Å². The van der Waals surface area contributed by atoms with Crippen molar-refractivity contribution in [2.45, 2.75) is 32.2 Å². The van der Waals surface area contributed by atoms with Gasteiger partial charge in [0.2, 0.25) is 15.9 Å². The normalized spacial score (nSPS) is 17.9. The summed E-state index contributed by atoms with van der Waals surface area (Å²) >= 11 is 0. The zero-order valence-corrected chi connectivity index (χ0v) is 17.3. The van der Waals surface area contributed by atoms with Gasteiger partial charge in [-0.2, -0.15) is 0 Å². The number of carbonyl (C=O) groups is 1. The summed E-state index contributed by atoms with van der Waals surface area (Å²) in [6.07, 6.45) is 4.42. The van der Waals surface area contributed by atoms with E-state index in [-0.39, 0.29) is 5.91 Å². The first-order valence-electron chi connectivity index (χ1n) is 9.75. The number of anilines is 1. The summed E-state index contributed by atoms with van der Waals surface area (Å²) in [7, 11) is -3.66. The van der Waals surface area contributed by atoms with Crippen LogP contribution in [0.3, 0.4) is 0 Å². The zero-order chi connectivity index (χ0) is 20.1. The van der Waals surface area contributed by atoms with Crippen molar-refractivity contribution in [1.82, 2.24) is 10.2 Å². The highest BCUT2D eigenvalue weighted by atomic mass is 32.2. The highest BCUT2D eigenvalue weighted by Crippen LogP contribution is 2.35. The Morgan fingerprint density at radius 3 is 2.57 bits per heavy atom. The van der Waals surface area contributed by atoms with E-state index in [1.165, 1.54) is 12.8 Å². The third-order valence-corrected chi connectivity index (χ3v) is 6.26. The molecule has 0 radical (unpaired) electrons. The van der Waals surface area contributed by atoms with Crippen molar-refractivity contribution in [1.29, 1.82) is 0 Å². The van der Waals surface area contributed by atoms with Gasteiger partial charge in [-0.3, -0.25) is 9.10 Å². The Labute approximate surface area is 166 Å². The Bertz CT molecular complexity index is 793. The van der Waals surface area contributed by atoms with E-state index in [1.807, 2.05) is 0 Å². The lowest BCUT2D eigenvalue weighted by Gasteiger charge is -2.29. The van der Waals surface area contributed by atoms with E-state index < -0.39 is 16.1 Å². The van der Waals surface area contributed by atoms with Gasteiger partial charge in [-0.25, -0.2) is 8.42 Å². The van der Waals surface area contributed by atoms with Gasteiger partial charge >= 0.3 is 0 Å². The molecule has 1 aromatic rings. The second kappa shape index (κ2) is 9.00. The number of rotatable bonds is 8. The maximum absolute atomic E-state index is 12.6. The molecule has 3 rings (SSSR count). The number of likely N-dealkylation sites (tertiary alicyclic amines) is 1. The fraction of sp³-hybridized carbons (Fsp3) is 0.632. The van der Waals surface area contributed by atoms with E-state index in [4.69, 9.17) is 9.47 Å². The molecule has 1 amide bonds. The smallest absolute Gasteiger partial charge is 0.243 e. The second-order valence-corrected chi connectivity index (χ2v) is 9.12. The van der Waals surface area contributed by atoms with Crippen LogP contribution < -0.4 is 19.1 Å². The standard InChI is InChI=1S/C19H29N3O5S/c1-15(19(23)20-8-5-11-21-9-3-4-10-21)22(28(2,24)25)16-6-7-17-18(14-16)27-13-12-26-17/h6-7,14-15H,3-5,8-13H2,1-2H3,(H,20,23). The summed E-state index contributed by atoms with van der Waals surface area (Å²) in [5.41, 5.74) is 0.381. The van der Waals surface area contributed by atoms with Crippen LogP contribution in [-0.2, 0) is 14.8 Å². The van der Waals surface area contributed by atoms with Gasteiger partial charge in [0.25, 0.3) is 0 Å². The molecule has 28 heavy (non-hydrogen) atoms. The minimum absolute atomic E-state index is 0.318. The number of hydrogen-bond donors (Lipinski definition) is 1. The molecule has 0 bridgehead atoms. The fourth-order valence-electron chi connectivity index (χ4n) is 3.65. The predicted octanol–water partition coefficient (Wildman–Crippen LogP) is 1.21. The summed E-state index contributed by atoms with van der Waals surface area (Å²) < 4.78 is 37.0. The van der Waals surface area contributed by atoms with Crippen LogP contribution in [0.4, 0.5) is 5.69 Å². The first kappa shape index (κ1) is 20.7. The van der Waals surface area contributed by atoms with Crippen molar-refractivity contribution < 1.29 is 22.7 Å². The summed E-state index contributed by atoms with van der Waals surface area (Å²) in [6, 6.07) is 4.03. The SMILES string of the molecule is CC(C(=O)NCCCN1CCCC1)N(c1ccc2c(c1)OCCO2)S(C)(=O)=O. The molecule has 2 heterocycles. The van der Waals surface area contributed by atoms with Gasteiger partial charge < -0.3 is 19.7 Å². The number of amides is 1. The summed E-state index contributed by atoms with van der Waals surface area (Å²) in [5, 5.41) is 2.86. The number of ether oxygens (including phenoxy) is 2. The molecule has 156 valence electrons. The Kier molecular flexibility index (Phi) is 6.66. The van der Waals surface area contributed by atoms with E-state index in [0.29, 0.717) is 36.9 Å². The average Bonchev–Trinajstić information content (AvgIpc) is 3.17. The van der Waals surface area contributed by atoms with Gasteiger partial charge in [-0.05, 0) is 58.0 Å². The minimum Gasteiger partial charge on any atom is -0.486 e. The molecular formula is C19H29N3O5S. The number of nitrogens with one attached hydrogen (secondary N) is 1. The number of carbonyl (C=O) groups excluding carboxylic acids is 1. The van der Waals surface area contributed by atoms with E-state index >= 15 is 0 Å². The Hall–Kier alpha value is -2.00. The van der Waals surface area contributed by atoms with Gasteiger partial charge in [-0.15, -0.1) is 0 Å². The Morgan fingerprint density at radius 2 is 1.89 bits per heavy atom. The number of sulfonamides is 1. The van der Waals surface area contributed by atoms with E-state index in [9.17, 15) is 13.2 Å². The molecule has 0 spiro atoms. The summed E-state index contributed by atoms with van der Waals surface area (Å²) in [6.45, 7) is 6.17. The highest BCUT2D eigenvalue weighted by Gasteiger charge is 2.30. The van der Waals surface area contributed by atoms with Crippen LogP contribution in [0.15, 0.2) is 18.2 Å². The highest BCUT2D eigenvalue weighted by molar-refractivity contribution is 7.92. The van der Waals surface area contributed by atoms with Crippen LogP contribution in [0.2, 0.25) is 0 Å². The first-order valence-corrected chi connectivity index (χ1v) is 11.6. The van der Waals surface area contributed by atoms with Gasteiger partial charge in [-0.1, -0.05) is 0 Å². The molecule has 1 atom stereocenters. The number of benzene rings is 1. The van der Waals surface area contributed by atoms with Gasteiger partial charge in [0, 0.05) is 12.6 Å². The van der Waals surface area contributed by atoms with Crippen LogP contribution >= 0.6 is 0 Å². The molecule has 0 aliphatic carbocycles. The average molecular weight is 412 g/mol. The van der Waals surface area contributed by atoms with Crippen molar-refractivity contribution >= 4 is 21.6 Å². The third kappa shape index (κ3) is 5.08. The molecule has 1 fully saturated rings. The van der Waals surface area contributed by atoms with E-state index in [0.717, 1.165) is 36.6 Å². The topological polar surface area (TPSA) is 88.2 Å². The van der Waals surface area contributed by atoms with Crippen LogP contribution in [-0.4, -0.2) is 70.9 Å². The monoisotopic (exact) mass is 411 g/mol. The maximum Gasteiger partial charge on any atom is 0.243 e.